The Morgan fingerprint density at radius 3 is 2.67 bits per heavy atom. The molecule has 0 radical (unpaired) electrons. The summed E-state index contributed by atoms with van der Waals surface area (Å²) in [4.78, 5) is 32.8. The van der Waals surface area contributed by atoms with Gasteiger partial charge in [0.1, 0.15) is 15.8 Å². The molecule has 0 bridgehead atoms. The molecule has 0 spiro atoms. The molecule has 3 rings (SSSR count). The van der Waals surface area contributed by atoms with E-state index in [2.05, 4.69) is 17.2 Å². The average Bonchev–Trinajstić information content (AvgIpc) is 2.98. The molecule has 1 aliphatic heterocycles. The molecule has 30 heavy (non-hydrogen) atoms. The van der Waals surface area contributed by atoms with E-state index >= 15 is 0 Å². The van der Waals surface area contributed by atoms with Crippen LogP contribution >= 0.6 is 24.0 Å². The second kappa shape index (κ2) is 10.2. The van der Waals surface area contributed by atoms with Crippen LogP contribution in [0, 0.1) is 6.92 Å². The van der Waals surface area contributed by atoms with Crippen LogP contribution in [0.25, 0.3) is 11.7 Å². The molecule has 2 aromatic rings. The molecule has 0 atom stereocenters. The molecular weight excluding hydrogens is 416 g/mol. The molecule has 8 heteroatoms. The van der Waals surface area contributed by atoms with E-state index < -0.39 is 0 Å². The van der Waals surface area contributed by atoms with Gasteiger partial charge in [-0.05, 0) is 38.0 Å². The van der Waals surface area contributed by atoms with E-state index in [0.29, 0.717) is 39.3 Å². The number of pyridine rings is 1. The summed E-state index contributed by atoms with van der Waals surface area (Å²) < 4.78 is 2.08. The van der Waals surface area contributed by atoms with E-state index in [1.807, 2.05) is 26.0 Å². The largest absolute Gasteiger partial charge is 0.370 e. The summed E-state index contributed by atoms with van der Waals surface area (Å²) in [6.07, 6.45) is 8.99. The highest BCUT2D eigenvalue weighted by Gasteiger charge is 2.32. The first-order valence-electron chi connectivity index (χ1n) is 10.5. The Labute approximate surface area is 186 Å². The number of unbranched alkanes of at least 4 members (excludes halogenated alkanes) is 4. The van der Waals surface area contributed by atoms with Gasteiger partial charge in [0, 0.05) is 19.3 Å². The summed E-state index contributed by atoms with van der Waals surface area (Å²) in [7, 11) is 0. The van der Waals surface area contributed by atoms with Gasteiger partial charge in [0.2, 0.25) is 0 Å². The quantitative estimate of drug-likeness (QED) is 0.346. The van der Waals surface area contributed by atoms with Crippen molar-refractivity contribution in [2.24, 2.45) is 0 Å². The number of nitrogens with zero attached hydrogens (tertiary/aromatic N) is 3. The Kier molecular flexibility index (Phi) is 7.66. The maximum atomic E-state index is 13.2. The molecule has 1 amide bonds. The van der Waals surface area contributed by atoms with E-state index in [-0.39, 0.29) is 11.5 Å². The van der Waals surface area contributed by atoms with Gasteiger partial charge in [-0.25, -0.2) is 4.98 Å². The van der Waals surface area contributed by atoms with Crippen molar-refractivity contribution in [3.8, 4) is 0 Å². The first-order chi connectivity index (χ1) is 14.5. The minimum Gasteiger partial charge on any atom is -0.370 e. The molecule has 1 fully saturated rings. The van der Waals surface area contributed by atoms with Gasteiger partial charge in [0.25, 0.3) is 11.5 Å². The van der Waals surface area contributed by atoms with E-state index in [9.17, 15) is 9.59 Å². The first-order valence-corrected chi connectivity index (χ1v) is 11.7. The third-order valence-corrected chi connectivity index (χ3v) is 6.36. The predicted octanol–water partition coefficient (Wildman–Crippen LogP) is 4.61. The zero-order valence-electron chi connectivity index (χ0n) is 17.7. The van der Waals surface area contributed by atoms with Crippen molar-refractivity contribution >= 4 is 51.7 Å². The third-order valence-electron chi connectivity index (χ3n) is 4.98. The van der Waals surface area contributed by atoms with Crippen LogP contribution in [0.5, 0.6) is 0 Å². The first kappa shape index (κ1) is 22.5. The third kappa shape index (κ3) is 4.92. The van der Waals surface area contributed by atoms with Gasteiger partial charge >= 0.3 is 0 Å². The van der Waals surface area contributed by atoms with Crippen LogP contribution in [-0.2, 0) is 4.79 Å². The Hall–Kier alpha value is -2.19. The lowest BCUT2D eigenvalue weighted by atomic mass is 10.1. The molecule has 0 aromatic carbocycles. The fourth-order valence-electron chi connectivity index (χ4n) is 3.39. The van der Waals surface area contributed by atoms with Crippen LogP contribution in [0.15, 0.2) is 28.0 Å². The average molecular weight is 445 g/mol. The molecule has 6 nitrogen and oxygen atoms in total. The number of aryl methyl sites for hydroxylation is 1. The van der Waals surface area contributed by atoms with Crippen molar-refractivity contribution in [1.82, 2.24) is 14.3 Å². The molecule has 1 aliphatic rings. The minimum atomic E-state index is -0.204. The van der Waals surface area contributed by atoms with Gasteiger partial charge in [0.15, 0.2) is 0 Å². The smallest absolute Gasteiger partial charge is 0.267 e. The van der Waals surface area contributed by atoms with Crippen LogP contribution in [0.4, 0.5) is 5.82 Å². The number of thiocarbonyl (C=S) groups is 1. The zero-order valence-corrected chi connectivity index (χ0v) is 19.4. The van der Waals surface area contributed by atoms with E-state index in [4.69, 9.17) is 12.2 Å². The molecule has 0 aliphatic carbocycles. The number of hydrogen-bond donors (Lipinski definition) is 1. The van der Waals surface area contributed by atoms with E-state index in [0.717, 1.165) is 18.4 Å². The second-order valence-corrected chi connectivity index (χ2v) is 9.07. The highest BCUT2D eigenvalue weighted by atomic mass is 32.2. The molecular formula is C22H28N4O2S2. The molecule has 1 N–H and O–H groups in total. The van der Waals surface area contributed by atoms with Crippen molar-refractivity contribution < 1.29 is 4.79 Å². The van der Waals surface area contributed by atoms with Gasteiger partial charge in [-0.1, -0.05) is 62.7 Å². The fraction of sp³-hybridized carbons (Fsp3) is 0.455. The highest BCUT2D eigenvalue weighted by Crippen LogP contribution is 2.33. The standard InChI is InChI=1S/C22H28N4O2S2/c1-4-6-7-8-9-12-25-21(28)17(30-22(25)29)13-16-19(23-5-2)24-18-11-10-15(3)14-26(18)20(16)27/h10-11,13-14,23H,4-9,12H2,1-3H3. The highest BCUT2D eigenvalue weighted by molar-refractivity contribution is 8.26. The van der Waals surface area contributed by atoms with Crippen LogP contribution in [0.1, 0.15) is 57.1 Å². The lowest BCUT2D eigenvalue weighted by molar-refractivity contribution is -0.122. The summed E-state index contributed by atoms with van der Waals surface area (Å²) >= 11 is 6.69. The Morgan fingerprint density at radius 2 is 1.93 bits per heavy atom. The van der Waals surface area contributed by atoms with Gasteiger partial charge in [-0.3, -0.25) is 18.9 Å². The fourth-order valence-corrected chi connectivity index (χ4v) is 4.68. The Bertz CT molecular complexity index is 1050. The number of anilines is 1. The Balaban J connectivity index is 1.91. The number of carbonyl (C=O) groups excluding carboxylic acids is 1. The van der Waals surface area contributed by atoms with Crippen molar-refractivity contribution in [3.63, 3.8) is 0 Å². The van der Waals surface area contributed by atoms with E-state index in [1.54, 1.807) is 17.2 Å². The van der Waals surface area contributed by atoms with Gasteiger partial charge in [0.05, 0.1) is 10.5 Å². The number of aromatic nitrogens is 2. The number of hydrogen-bond acceptors (Lipinski definition) is 6. The SMILES string of the molecule is CCCCCCCN1C(=O)C(=Cc2c(NCC)nc3ccc(C)cn3c2=O)SC1=S. The Morgan fingerprint density at radius 1 is 1.17 bits per heavy atom. The number of carbonyl (C=O) groups is 1. The van der Waals surface area contributed by atoms with Gasteiger partial charge < -0.3 is 5.32 Å². The molecule has 3 heterocycles. The molecule has 1 saturated heterocycles. The monoisotopic (exact) mass is 444 g/mol. The van der Waals surface area contributed by atoms with Gasteiger partial charge in [-0.2, -0.15) is 0 Å². The van der Waals surface area contributed by atoms with Crippen LogP contribution in [-0.4, -0.2) is 37.6 Å². The van der Waals surface area contributed by atoms with Crippen LogP contribution < -0.4 is 10.9 Å². The zero-order chi connectivity index (χ0) is 21.7. The molecule has 0 unspecified atom stereocenters. The predicted molar refractivity (Wildman–Crippen MR) is 129 cm³/mol. The lowest BCUT2D eigenvalue weighted by Gasteiger charge is -2.14. The topological polar surface area (TPSA) is 66.7 Å². The summed E-state index contributed by atoms with van der Waals surface area (Å²) in [5.74, 6) is 0.355. The number of fused-ring (bicyclic) bond motifs is 1. The maximum Gasteiger partial charge on any atom is 0.267 e. The van der Waals surface area contributed by atoms with Crippen molar-refractivity contribution in [2.75, 3.05) is 18.4 Å². The van der Waals surface area contributed by atoms with Gasteiger partial charge in [-0.15, -0.1) is 0 Å². The van der Waals surface area contributed by atoms with Crippen molar-refractivity contribution in [2.45, 2.75) is 52.9 Å². The van der Waals surface area contributed by atoms with Crippen molar-refractivity contribution in [3.05, 3.63) is 44.7 Å². The number of amides is 1. The normalized spacial score (nSPS) is 15.6. The summed E-state index contributed by atoms with van der Waals surface area (Å²) in [5.41, 5.74) is 1.70. The van der Waals surface area contributed by atoms with Crippen molar-refractivity contribution in [1.29, 1.82) is 0 Å². The number of rotatable bonds is 9. The lowest BCUT2D eigenvalue weighted by Crippen LogP contribution is -2.29. The summed E-state index contributed by atoms with van der Waals surface area (Å²) in [6.45, 7) is 7.30. The summed E-state index contributed by atoms with van der Waals surface area (Å²) in [5, 5.41) is 3.15. The van der Waals surface area contributed by atoms with Crippen LogP contribution in [0.3, 0.4) is 0 Å². The molecule has 160 valence electrons. The number of nitrogens with one attached hydrogen (secondary N) is 1. The van der Waals surface area contributed by atoms with Crippen LogP contribution in [0.2, 0.25) is 0 Å². The summed E-state index contributed by atoms with van der Waals surface area (Å²) in [6, 6.07) is 3.74. The van der Waals surface area contributed by atoms with E-state index in [1.165, 1.54) is 35.4 Å². The number of thioether (sulfide) groups is 1. The molecule has 2 aromatic heterocycles. The maximum absolute atomic E-state index is 13.2. The minimum absolute atomic E-state index is 0.128. The second-order valence-electron chi connectivity index (χ2n) is 7.39. The molecule has 0 saturated carbocycles.